The number of amides is 1. The van der Waals surface area contributed by atoms with Crippen LogP contribution in [0, 0.1) is 5.92 Å². The van der Waals surface area contributed by atoms with Gasteiger partial charge in [0, 0.05) is 45.0 Å². The molecule has 22 heavy (non-hydrogen) atoms. The average molecular weight is 297 g/mol. The summed E-state index contributed by atoms with van der Waals surface area (Å²) >= 11 is 0. The molecule has 2 aromatic heterocycles. The Balaban J connectivity index is 1.52. The van der Waals surface area contributed by atoms with Crippen LogP contribution in [0.3, 0.4) is 0 Å². The van der Waals surface area contributed by atoms with Crippen molar-refractivity contribution >= 4 is 11.7 Å². The third-order valence-electron chi connectivity index (χ3n) is 4.73. The second-order valence-electron chi connectivity index (χ2n) is 6.11. The van der Waals surface area contributed by atoms with Gasteiger partial charge in [-0.2, -0.15) is 5.10 Å². The van der Waals surface area contributed by atoms with E-state index in [1.54, 1.807) is 17.1 Å². The van der Waals surface area contributed by atoms with Crippen LogP contribution in [0.15, 0.2) is 36.8 Å². The number of hydrogen-bond donors (Lipinski definition) is 0. The first-order valence-corrected chi connectivity index (χ1v) is 7.68. The molecule has 2 aromatic rings. The molecular formula is C16H19N5O. The third kappa shape index (κ3) is 2.15. The summed E-state index contributed by atoms with van der Waals surface area (Å²) in [5, 5.41) is 4.11. The molecule has 2 fully saturated rings. The fourth-order valence-corrected chi connectivity index (χ4v) is 3.64. The van der Waals surface area contributed by atoms with Crippen molar-refractivity contribution in [1.82, 2.24) is 19.7 Å². The summed E-state index contributed by atoms with van der Waals surface area (Å²) in [4.78, 5) is 21.4. The first-order chi connectivity index (χ1) is 10.7. The zero-order valence-electron chi connectivity index (χ0n) is 12.6. The van der Waals surface area contributed by atoms with Gasteiger partial charge in [0.1, 0.15) is 5.82 Å². The fraction of sp³-hybridized carbons (Fsp3) is 0.438. The minimum absolute atomic E-state index is 0.100. The molecule has 4 heterocycles. The van der Waals surface area contributed by atoms with Crippen LogP contribution in [0.5, 0.6) is 0 Å². The molecule has 1 amide bonds. The second kappa shape index (κ2) is 5.12. The maximum absolute atomic E-state index is 12.7. The molecule has 0 spiro atoms. The molecule has 0 aromatic carbocycles. The van der Waals surface area contributed by atoms with Crippen molar-refractivity contribution < 1.29 is 4.79 Å². The quantitative estimate of drug-likeness (QED) is 0.835. The van der Waals surface area contributed by atoms with Gasteiger partial charge in [0.15, 0.2) is 0 Å². The Kier molecular flexibility index (Phi) is 3.10. The summed E-state index contributed by atoms with van der Waals surface area (Å²) in [5.41, 5.74) is 0.680. The molecule has 2 saturated heterocycles. The first-order valence-electron chi connectivity index (χ1n) is 7.68. The normalized spacial score (nSPS) is 23.9. The van der Waals surface area contributed by atoms with Crippen LogP contribution in [0.2, 0.25) is 0 Å². The maximum Gasteiger partial charge on any atom is 0.257 e. The van der Waals surface area contributed by atoms with E-state index in [0.29, 0.717) is 11.5 Å². The summed E-state index contributed by atoms with van der Waals surface area (Å²) in [7, 11) is 1.84. The molecule has 114 valence electrons. The number of aromatic nitrogens is 3. The molecule has 2 aliphatic heterocycles. The van der Waals surface area contributed by atoms with Crippen LogP contribution >= 0.6 is 0 Å². The van der Waals surface area contributed by atoms with Crippen LogP contribution in [0.1, 0.15) is 16.8 Å². The Morgan fingerprint density at radius 2 is 2.23 bits per heavy atom. The lowest BCUT2D eigenvalue weighted by molar-refractivity contribution is 0.0738. The van der Waals surface area contributed by atoms with Crippen molar-refractivity contribution in [2.45, 2.75) is 12.5 Å². The minimum atomic E-state index is 0.100. The predicted molar refractivity (Wildman–Crippen MR) is 82.6 cm³/mol. The largest absolute Gasteiger partial charge is 0.354 e. The minimum Gasteiger partial charge on any atom is -0.354 e. The lowest BCUT2D eigenvalue weighted by atomic mass is 10.1. The van der Waals surface area contributed by atoms with Gasteiger partial charge in [0.05, 0.1) is 17.8 Å². The van der Waals surface area contributed by atoms with Gasteiger partial charge in [0.25, 0.3) is 5.91 Å². The van der Waals surface area contributed by atoms with Gasteiger partial charge in [-0.25, -0.2) is 4.98 Å². The van der Waals surface area contributed by atoms with E-state index >= 15 is 0 Å². The Hall–Kier alpha value is -2.37. The van der Waals surface area contributed by atoms with E-state index in [1.165, 1.54) is 0 Å². The van der Waals surface area contributed by atoms with Crippen molar-refractivity contribution in [2.24, 2.45) is 13.0 Å². The van der Waals surface area contributed by atoms with Crippen LogP contribution in [-0.4, -0.2) is 51.2 Å². The Bertz CT molecular complexity index is 683. The summed E-state index contributed by atoms with van der Waals surface area (Å²) in [6.45, 7) is 2.70. The number of anilines is 1. The van der Waals surface area contributed by atoms with Crippen molar-refractivity contribution in [1.29, 1.82) is 0 Å². The molecule has 2 unspecified atom stereocenters. The number of aryl methyl sites for hydroxylation is 1. The van der Waals surface area contributed by atoms with E-state index < -0.39 is 0 Å². The predicted octanol–water partition coefficient (Wildman–Crippen LogP) is 1.17. The highest BCUT2D eigenvalue weighted by Gasteiger charge is 2.43. The second-order valence-corrected chi connectivity index (χ2v) is 6.11. The lowest BCUT2D eigenvalue weighted by Gasteiger charge is -2.25. The van der Waals surface area contributed by atoms with Crippen molar-refractivity contribution in [2.75, 3.05) is 24.5 Å². The van der Waals surface area contributed by atoms with Gasteiger partial charge in [-0.1, -0.05) is 6.07 Å². The van der Waals surface area contributed by atoms with Gasteiger partial charge < -0.3 is 9.80 Å². The Labute approximate surface area is 129 Å². The van der Waals surface area contributed by atoms with E-state index in [4.69, 9.17) is 0 Å². The number of rotatable bonds is 2. The molecule has 0 bridgehead atoms. The van der Waals surface area contributed by atoms with E-state index in [9.17, 15) is 4.79 Å². The molecule has 2 atom stereocenters. The number of pyridine rings is 1. The van der Waals surface area contributed by atoms with Crippen molar-refractivity contribution in [3.05, 3.63) is 42.4 Å². The van der Waals surface area contributed by atoms with Gasteiger partial charge in [0.2, 0.25) is 0 Å². The summed E-state index contributed by atoms with van der Waals surface area (Å²) < 4.78 is 1.68. The topological polar surface area (TPSA) is 54.3 Å². The zero-order valence-corrected chi connectivity index (χ0v) is 12.6. The molecule has 0 N–H and O–H groups in total. The number of likely N-dealkylation sites (tertiary alicyclic amines) is 1. The molecule has 0 saturated carbocycles. The van der Waals surface area contributed by atoms with Crippen LogP contribution in [0.25, 0.3) is 0 Å². The van der Waals surface area contributed by atoms with Gasteiger partial charge in [-0.05, 0) is 18.6 Å². The Morgan fingerprint density at radius 3 is 2.95 bits per heavy atom. The van der Waals surface area contributed by atoms with Crippen LogP contribution in [0.4, 0.5) is 5.82 Å². The summed E-state index contributed by atoms with van der Waals surface area (Å²) in [5.74, 6) is 1.65. The van der Waals surface area contributed by atoms with Gasteiger partial charge in [-0.15, -0.1) is 0 Å². The van der Waals surface area contributed by atoms with Crippen LogP contribution < -0.4 is 4.90 Å². The molecule has 0 aliphatic carbocycles. The maximum atomic E-state index is 12.7. The number of carbonyl (C=O) groups is 1. The van der Waals surface area contributed by atoms with Crippen molar-refractivity contribution in [3.63, 3.8) is 0 Å². The van der Waals surface area contributed by atoms with E-state index in [0.717, 1.165) is 31.9 Å². The smallest absolute Gasteiger partial charge is 0.257 e. The van der Waals surface area contributed by atoms with E-state index in [2.05, 4.69) is 15.0 Å². The highest BCUT2D eigenvalue weighted by Crippen LogP contribution is 2.34. The highest BCUT2D eigenvalue weighted by molar-refractivity contribution is 5.94. The van der Waals surface area contributed by atoms with E-state index in [-0.39, 0.29) is 11.9 Å². The standard InChI is InChI=1S/C16H19N5O/c1-19-9-13(8-18-19)16(22)21-7-5-12-10-20(11-14(12)21)15-4-2-3-6-17-15/h2-4,6,8-9,12,14H,5,7,10-11H2,1H3. The summed E-state index contributed by atoms with van der Waals surface area (Å²) in [6.07, 6.45) is 6.34. The number of fused-ring (bicyclic) bond motifs is 1. The third-order valence-corrected chi connectivity index (χ3v) is 4.73. The molecule has 2 aliphatic rings. The molecular weight excluding hydrogens is 278 g/mol. The Morgan fingerprint density at radius 1 is 1.32 bits per heavy atom. The van der Waals surface area contributed by atoms with Crippen LogP contribution in [-0.2, 0) is 7.05 Å². The SMILES string of the molecule is Cn1cc(C(=O)N2CCC3CN(c4ccccn4)CC32)cn1. The fourth-order valence-electron chi connectivity index (χ4n) is 3.64. The van der Waals surface area contributed by atoms with Crippen molar-refractivity contribution in [3.8, 4) is 0 Å². The number of nitrogens with zero attached hydrogens (tertiary/aromatic N) is 5. The lowest BCUT2D eigenvalue weighted by Crippen LogP contribution is -2.39. The molecule has 6 nitrogen and oxygen atoms in total. The average Bonchev–Trinajstić information content (AvgIpc) is 3.22. The number of carbonyl (C=O) groups excluding carboxylic acids is 1. The molecule has 0 radical (unpaired) electrons. The number of hydrogen-bond acceptors (Lipinski definition) is 4. The van der Waals surface area contributed by atoms with Gasteiger partial charge in [-0.3, -0.25) is 9.48 Å². The van der Waals surface area contributed by atoms with Gasteiger partial charge >= 0.3 is 0 Å². The molecule has 6 heteroatoms. The summed E-state index contributed by atoms with van der Waals surface area (Å²) in [6, 6.07) is 6.26. The highest BCUT2D eigenvalue weighted by atomic mass is 16.2. The molecule has 4 rings (SSSR count). The van der Waals surface area contributed by atoms with E-state index in [1.807, 2.05) is 36.3 Å². The monoisotopic (exact) mass is 297 g/mol. The zero-order chi connectivity index (χ0) is 15.1. The first kappa shape index (κ1) is 13.3.